The minimum Gasteiger partial charge on any atom is -0.399 e. The standard InChI is InChI=1S/C21H29N3O/c22-18-3-1-2-15(9-18)21(10-20(25)24-11-19(23)12-24)16-5-13-4-14(7-16)8-17(21)6-13/h1-3,9,13-14,16-17,19H,4-8,10-12,22-23H2. The number of nitrogens with zero attached hydrogens (tertiary/aromatic N) is 1. The van der Waals surface area contributed by atoms with Crippen LogP contribution in [0.3, 0.4) is 0 Å². The molecule has 0 unspecified atom stereocenters. The van der Waals surface area contributed by atoms with Gasteiger partial charge in [0.1, 0.15) is 0 Å². The van der Waals surface area contributed by atoms with Crippen molar-refractivity contribution in [3.05, 3.63) is 29.8 Å². The Hall–Kier alpha value is -1.55. The quantitative estimate of drug-likeness (QED) is 0.831. The second-order valence-corrected chi connectivity index (χ2v) is 9.21. The zero-order valence-electron chi connectivity index (χ0n) is 14.9. The fourth-order valence-corrected chi connectivity index (χ4v) is 6.79. The van der Waals surface area contributed by atoms with Crippen LogP contribution in [0, 0.1) is 23.7 Å². The highest BCUT2D eigenvalue weighted by atomic mass is 16.2. The SMILES string of the molecule is Nc1cccc(C2(CC(=O)N3CC(N)C3)C3CC4CC(C3)CC2C4)c1. The number of anilines is 1. The summed E-state index contributed by atoms with van der Waals surface area (Å²) < 4.78 is 0. The topological polar surface area (TPSA) is 72.4 Å². The number of rotatable bonds is 3. The van der Waals surface area contributed by atoms with Gasteiger partial charge in [0.15, 0.2) is 0 Å². The Morgan fingerprint density at radius 2 is 1.72 bits per heavy atom. The summed E-state index contributed by atoms with van der Waals surface area (Å²) in [7, 11) is 0. The van der Waals surface area contributed by atoms with E-state index in [1.54, 1.807) is 0 Å². The van der Waals surface area contributed by atoms with Crippen LogP contribution in [0.4, 0.5) is 5.69 Å². The van der Waals surface area contributed by atoms with Crippen LogP contribution in [0.25, 0.3) is 0 Å². The summed E-state index contributed by atoms with van der Waals surface area (Å²) in [4.78, 5) is 15.0. The van der Waals surface area contributed by atoms with E-state index in [1.807, 2.05) is 11.0 Å². The molecular formula is C21H29N3O. The summed E-state index contributed by atoms with van der Waals surface area (Å²) in [5, 5.41) is 0. The van der Waals surface area contributed by atoms with Crippen LogP contribution in [0.1, 0.15) is 44.1 Å². The third-order valence-electron chi connectivity index (χ3n) is 7.73. The predicted molar refractivity (Wildman–Crippen MR) is 98.7 cm³/mol. The van der Waals surface area contributed by atoms with Gasteiger partial charge >= 0.3 is 0 Å². The number of likely N-dealkylation sites (tertiary alicyclic amines) is 1. The third-order valence-corrected chi connectivity index (χ3v) is 7.73. The summed E-state index contributed by atoms with van der Waals surface area (Å²) in [6.07, 6.45) is 7.28. The highest BCUT2D eigenvalue weighted by molar-refractivity contribution is 5.79. The zero-order chi connectivity index (χ0) is 17.2. The minimum atomic E-state index is -0.000428. The largest absolute Gasteiger partial charge is 0.399 e. The van der Waals surface area contributed by atoms with Gasteiger partial charge in [-0.05, 0) is 73.5 Å². The van der Waals surface area contributed by atoms with Crippen molar-refractivity contribution in [2.75, 3.05) is 18.8 Å². The first-order valence-electron chi connectivity index (χ1n) is 9.94. The van der Waals surface area contributed by atoms with Crippen LogP contribution in [0.5, 0.6) is 0 Å². The van der Waals surface area contributed by atoms with E-state index < -0.39 is 0 Å². The zero-order valence-corrected chi connectivity index (χ0v) is 14.9. The molecule has 0 atom stereocenters. The summed E-state index contributed by atoms with van der Waals surface area (Å²) in [6.45, 7) is 1.46. The molecule has 4 nitrogen and oxygen atoms in total. The number of carbonyl (C=O) groups is 1. The molecule has 4 aliphatic carbocycles. The molecule has 134 valence electrons. The molecule has 4 N–H and O–H groups in total. The van der Waals surface area contributed by atoms with E-state index in [9.17, 15) is 4.79 Å². The first-order chi connectivity index (χ1) is 12.0. The van der Waals surface area contributed by atoms with E-state index >= 15 is 0 Å². The van der Waals surface area contributed by atoms with Crippen molar-refractivity contribution in [1.29, 1.82) is 0 Å². The molecule has 0 aromatic heterocycles. The van der Waals surface area contributed by atoms with Gasteiger partial charge in [0.05, 0.1) is 0 Å². The monoisotopic (exact) mass is 339 g/mol. The fourth-order valence-electron chi connectivity index (χ4n) is 6.79. The van der Waals surface area contributed by atoms with Gasteiger partial charge in [0.2, 0.25) is 5.91 Å². The van der Waals surface area contributed by atoms with Crippen LogP contribution in [0.15, 0.2) is 24.3 Å². The van der Waals surface area contributed by atoms with E-state index in [2.05, 4.69) is 18.2 Å². The molecule has 1 aromatic carbocycles. The van der Waals surface area contributed by atoms with Gasteiger partial charge in [0, 0.05) is 36.7 Å². The van der Waals surface area contributed by atoms with Crippen molar-refractivity contribution in [2.24, 2.45) is 29.4 Å². The molecule has 1 amide bonds. The molecule has 1 aromatic rings. The number of hydrogen-bond acceptors (Lipinski definition) is 3. The Kier molecular flexibility index (Phi) is 3.43. The van der Waals surface area contributed by atoms with E-state index in [1.165, 1.54) is 37.7 Å². The maximum Gasteiger partial charge on any atom is 0.223 e. The second-order valence-electron chi connectivity index (χ2n) is 9.21. The van der Waals surface area contributed by atoms with Gasteiger partial charge in [-0.15, -0.1) is 0 Å². The lowest BCUT2D eigenvalue weighted by Gasteiger charge is -2.62. The highest BCUT2D eigenvalue weighted by Gasteiger charge is 2.58. The van der Waals surface area contributed by atoms with Crippen LogP contribution >= 0.6 is 0 Å². The molecule has 4 heteroatoms. The molecule has 25 heavy (non-hydrogen) atoms. The van der Waals surface area contributed by atoms with Gasteiger partial charge < -0.3 is 16.4 Å². The van der Waals surface area contributed by atoms with Crippen LogP contribution < -0.4 is 11.5 Å². The Morgan fingerprint density at radius 3 is 2.28 bits per heavy atom. The fraction of sp³-hybridized carbons (Fsp3) is 0.667. The summed E-state index contributed by atoms with van der Waals surface area (Å²) in [5.74, 6) is 3.37. The first-order valence-corrected chi connectivity index (χ1v) is 9.94. The Labute approximate surface area is 149 Å². The molecule has 1 heterocycles. The smallest absolute Gasteiger partial charge is 0.223 e. The Balaban J connectivity index is 1.53. The second kappa shape index (κ2) is 5.47. The van der Waals surface area contributed by atoms with Gasteiger partial charge in [-0.1, -0.05) is 12.1 Å². The van der Waals surface area contributed by atoms with E-state index in [-0.39, 0.29) is 11.5 Å². The summed E-state index contributed by atoms with van der Waals surface area (Å²) in [6, 6.07) is 8.58. The number of hydrogen-bond donors (Lipinski definition) is 2. The third kappa shape index (κ3) is 2.33. The number of carbonyl (C=O) groups excluding carboxylic acids is 1. The Bertz CT molecular complexity index is 666. The lowest BCUT2D eigenvalue weighted by molar-refractivity contribution is -0.143. The van der Waals surface area contributed by atoms with Crippen molar-refractivity contribution in [2.45, 2.75) is 50.0 Å². The molecule has 5 aliphatic rings. The maximum atomic E-state index is 13.1. The lowest BCUT2D eigenvalue weighted by Crippen LogP contribution is -2.61. The number of benzene rings is 1. The van der Waals surface area contributed by atoms with E-state index in [4.69, 9.17) is 11.5 Å². The average molecular weight is 339 g/mol. The number of nitrogen functional groups attached to an aromatic ring is 1. The van der Waals surface area contributed by atoms with Crippen LogP contribution in [-0.4, -0.2) is 29.9 Å². The Morgan fingerprint density at radius 1 is 1.08 bits per heavy atom. The van der Waals surface area contributed by atoms with E-state index in [0.717, 1.165) is 30.6 Å². The van der Waals surface area contributed by atoms with Crippen molar-refractivity contribution >= 4 is 11.6 Å². The predicted octanol–water partition coefficient (Wildman–Crippen LogP) is 2.52. The van der Waals surface area contributed by atoms with E-state index in [0.29, 0.717) is 24.2 Å². The molecule has 4 bridgehead atoms. The molecule has 4 saturated carbocycles. The molecule has 1 aliphatic heterocycles. The first kappa shape index (κ1) is 15.7. The molecule has 0 radical (unpaired) electrons. The van der Waals surface area contributed by atoms with Crippen molar-refractivity contribution < 1.29 is 4.79 Å². The number of amides is 1. The maximum absolute atomic E-state index is 13.1. The average Bonchev–Trinajstić information content (AvgIpc) is 2.54. The van der Waals surface area contributed by atoms with Gasteiger partial charge in [-0.2, -0.15) is 0 Å². The van der Waals surface area contributed by atoms with Crippen molar-refractivity contribution in [3.8, 4) is 0 Å². The van der Waals surface area contributed by atoms with Gasteiger partial charge in [0.25, 0.3) is 0 Å². The molecule has 0 spiro atoms. The molecular weight excluding hydrogens is 310 g/mol. The molecule has 1 saturated heterocycles. The normalized spacial score (nSPS) is 39.5. The summed E-state index contributed by atoms with van der Waals surface area (Å²) >= 11 is 0. The van der Waals surface area contributed by atoms with Crippen LogP contribution in [-0.2, 0) is 10.2 Å². The lowest BCUT2D eigenvalue weighted by atomic mass is 9.43. The number of nitrogens with two attached hydrogens (primary N) is 2. The molecule has 5 fully saturated rings. The molecule has 6 rings (SSSR count). The van der Waals surface area contributed by atoms with Crippen LogP contribution in [0.2, 0.25) is 0 Å². The van der Waals surface area contributed by atoms with Crippen molar-refractivity contribution in [3.63, 3.8) is 0 Å². The highest BCUT2D eigenvalue weighted by Crippen LogP contribution is 2.64. The minimum absolute atomic E-state index is 0.000428. The van der Waals surface area contributed by atoms with Gasteiger partial charge in [-0.25, -0.2) is 0 Å². The van der Waals surface area contributed by atoms with Crippen molar-refractivity contribution in [1.82, 2.24) is 4.90 Å². The van der Waals surface area contributed by atoms with Gasteiger partial charge in [-0.3, -0.25) is 4.79 Å². The summed E-state index contributed by atoms with van der Waals surface area (Å²) in [5.41, 5.74) is 14.2.